The summed E-state index contributed by atoms with van der Waals surface area (Å²) in [4.78, 5) is 26.5. The van der Waals surface area contributed by atoms with Crippen molar-refractivity contribution < 1.29 is 19.5 Å². The summed E-state index contributed by atoms with van der Waals surface area (Å²) in [5, 5.41) is 15.2. The average Bonchev–Trinajstić information content (AvgIpc) is 2.37. The van der Waals surface area contributed by atoms with Gasteiger partial charge in [0.25, 0.3) is 5.91 Å². The third-order valence-corrected chi connectivity index (χ3v) is 2.86. The van der Waals surface area contributed by atoms with Crippen LogP contribution in [0.4, 0.5) is 0 Å². The lowest BCUT2D eigenvalue weighted by atomic mass is 10.2. The Labute approximate surface area is 125 Å². The number of amides is 1. The molecule has 1 rings (SSSR count). The molecule has 6 nitrogen and oxygen atoms in total. The number of carboxylic acid groups (broad SMARTS) is 1. The van der Waals surface area contributed by atoms with Crippen LogP contribution < -0.4 is 5.32 Å². The highest BCUT2D eigenvalue weighted by Crippen LogP contribution is 2.22. The highest BCUT2D eigenvalue weighted by atomic mass is 35.5. The van der Waals surface area contributed by atoms with Crippen LogP contribution in [-0.4, -0.2) is 35.8 Å². The van der Waals surface area contributed by atoms with Crippen LogP contribution in [0.1, 0.15) is 12.5 Å². The lowest BCUT2D eigenvalue weighted by molar-refractivity contribution is -0.142. The van der Waals surface area contributed by atoms with Crippen molar-refractivity contribution in [3.8, 4) is 0 Å². The molecule has 0 aliphatic rings. The van der Waals surface area contributed by atoms with Crippen LogP contribution in [0.5, 0.6) is 0 Å². The molecule has 108 valence electrons. The fraction of sp³-hybridized carbons (Fsp3) is 0.250. The number of carboxylic acids is 1. The summed E-state index contributed by atoms with van der Waals surface area (Å²) >= 11 is 11.8. The smallest absolute Gasteiger partial charge is 0.325 e. The van der Waals surface area contributed by atoms with Gasteiger partial charge < -0.3 is 15.3 Å². The molecule has 0 aliphatic heterocycles. The SMILES string of the molecule is C[C@H](NC(=O)CON=Cc1c(Cl)cccc1Cl)C(=O)O. The normalized spacial score (nSPS) is 12.2. The molecule has 0 saturated heterocycles. The van der Waals surface area contributed by atoms with Crippen LogP contribution in [0.25, 0.3) is 0 Å². The van der Waals surface area contributed by atoms with Gasteiger partial charge in [0, 0.05) is 5.56 Å². The van der Waals surface area contributed by atoms with Crippen LogP contribution in [-0.2, 0) is 14.4 Å². The van der Waals surface area contributed by atoms with Crippen LogP contribution in [0, 0.1) is 0 Å². The van der Waals surface area contributed by atoms with Crippen LogP contribution >= 0.6 is 23.2 Å². The summed E-state index contributed by atoms with van der Waals surface area (Å²) in [6.07, 6.45) is 1.28. The molecule has 20 heavy (non-hydrogen) atoms. The molecule has 0 unspecified atom stereocenters. The lowest BCUT2D eigenvalue weighted by Gasteiger charge is -2.07. The van der Waals surface area contributed by atoms with Crippen molar-refractivity contribution in [3.63, 3.8) is 0 Å². The van der Waals surface area contributed by atoms with Crippen LogP contribution in [0.3, 0.4) is 0 Å². The maximum Gasteiger partial charge on any atom is 0.325 e. The van der Waals surface area contributed by atoms with Gasteiger partial charge in [-0.15, -0.1) is 0 Å². The molecule has 1 aromatic carbocycles. The van der Waals surface area contributed by atoms with E-state index in [4.69, 9.17) is 33.1 Å². The zero-order valence-corrected chi connectivity index (χ0v) is 12.0. The Morgan fingerprint density at radius 3 is 2.60 bits per heavy atom. The summed E-state index contributed by atoms with van der Waals surface area (Å²) in [6.45, 7) is 0.934. The first-order chi connectivity index (χ1) is 9.41. The summed E-state index contributed by atoms with van der Waals surface area (Å²) in [6, 6.07) is 3.96. The highest BCUT2D eigenvalue weighted by Gasteiger charge is 2.13. The molecule has 1 amide bonds. The second kappa shape index (κ2) is 7.72. The zero-order valence-electron chi connectivity index (χ0n) is 10.5. The molecule has 8 heteroatoms. The van der Waals surface area contributed by atoms with E-state index in [2.05, 4.69) is 10.5 Å². The Balaban J connectivity index is 2.46. The number of rotatable bonds is 6. The van der Waals surface area contributed by atoms with Crippen molar-refractivity contribution in [1.29, 1.82) is 0 Å². The first kappa shape index (κ1) is 16.3. The second-order valence-corrected chi connectivity index (χ2v) is 4.59. The Hall–Kier alpha value is -1.79. The van der Waals surface area contributed by atoms with Crippen molar-refractivity contribution in [3.05, 3.63) is 33.8 Å². The van der Waals surface area contributed by atoms with Gasteiger partial charge >= 0.3 is 5.97 Å². The Morgan fingerprint density at radius 1 is 1.45 bits per heavy atom. The fourth-order valence-electron chi connectivity index (χ4n) is 1.16. The quantitative estimate of drug-likeness (QED) is 0.619. The van der Waals surface area contributed by atoms with E-state index >= 15 is 0 Å². The third kappa shape index (κ3) is 5.07. The highest BCUT2D eigenvalue weighted by molar-refractivity contribution is 6.38. The van der Waals surface area contributed by atoms with Gasteiger partial charge in [-0.3, -0.25) is 9.59 Å². The molecule has 0 fully saturated rings. The van der Waals surface area contributed by atoms with Crippen molar-refractivity contribution in [1.82, 2.24) is 5.32 Å². The summed E-state index contributed by atoms with van der Waals surface area (Å²) in [5.41, 5.74) is 0.468. The van der Waals surface area contributed by atoms with Crippen molar-refractivity contribution in [2.24, 2.45) is 5.16 Å². The minimum Gasteiger partial charge on any atom is -0.480 e. The number of nitrogens with one attached hydrogen (secondary N) is 1. The predicted octanol–water partition coefficient (Wildman–Crippen LogP) is 1.93. The molecular weight excluding hydrogens is 307 g/mol. The molecule has 0 heterocycles. The number of carbonyl (C=O) groups is 2. The lowest BCUT2D eigenvalue weighted by Crippen LogP contribution is -2.40. The van der Waals surface area contributed by atoms with E-state index in [0.717, 1.165) is 0 Å². The number of hydrogen-bond donors (Lipinski definition) is 2. The van der Waals surface area contributed by atoms with E-state index in [-0.39, 0.29) is 0 Å². The largest absolute Gasteiger partial charge is 0.480 e. The van der Waals surface area contributed by atoms with Crippen molar-refractivity contribution >= 4 is 41.3 Å². The Morgan fingerprint density at radius 2 is 2.05 bits per heavy atom. The van der Waals surface area contributed by atoms with Crippen molar-refractivity contribution in [2.45, 2.75) is 13.0 Å². The van der Waals surface area contributed by atoms with Crippen LogP contribution in [0.15, 0.2) is 23.4 Å². The molecule has 1 aromatic rings. The molecule has 0 spiro atoms. The van der Waals surface area contributed by atoms with Crippen LogP contribution in [0.2, 0.25) is 10.0 Å². The van der Waals surface area contributed by atoms with Gasteiger partial charge in [-0.1, -0.05) is 34.4 Å². The first-order valence-corrected chi connectivity index (χ1v) is 6.29. The molecular formula is C12H12Cl2N2O4. The number of benzene rings is 1. The molecule has 0 radical (unpaired) electrons. The second-order valence-electron chi connectivity index (χ2n) is 3.77. The molecule has 0 bridgehead atoms. The molecule has 0 aromatic heterocycles. The van der Waals surface area contributed by atoms with E-state index < -0.39 is 24.5 Å². The van der Waals surface area contributed by atoms with Gasteiger partial charge in [0.05, 0.1) is 16.3 Å². The molecule has 0 aliphatic carbocycles. The minimum atomic E-state index is -1.13. The number of hydrogen-bond acceptors (Lipinski definition) is 4. The number of halogens is 2. The van der Waals surface area contributed by atoms with Gasteiger partial charge in [0.1, 0.15) is 6.04 Å². The third-order valence-electron chi connectivity index (χ3n) is 2.20. The first-order valence-electron chi connectivity index (χ1n) is 5.53. The Kier molecular flexibility index (Phi) is 6.27. The van der Waals surface area contributed by atoms with Gasteiger partial charge in [-0.2, -0.15) is 0 Å². The molecule has 0 saturated carbocycles. The predicted molar refractivity (Wildman–Crippen MR) is 75.2 cm³/mol. The topological polar surface area (TPSA) is 88.0 Å². The number of nitrogens with zero attached hydrogens (tertiary/aromatic N) is 1. The van der Waals surface area contributed by atoms with Gasteiger partial charge in [0.15, 0.2) is 6.61 Å². The van der Waals surface area contributed by atoms with Gasteiger partial charge in [-0.05, 0) is 19.1 Å². The van der Waals surface area contributed by atoms with E-state index in [1.807, 2.05) is 0 Å². The minimum absolute atomic E-state index is 0.397. The monoisotopic (exact) mass is 318 g/mol. The summed E-state index contributed by atoms with van der Waals surface area (Å²) in [7, 11) is 0. The number of aliphatic carboxylic acids is 1. The number of oxime groups is 1. The summed E-state index contributed by atoms with van der Waals surface area (Å²) in [5.74, 6) is -1.73. The van der Waals surface area contributed by atoms with Gasteiger partial charge in [-0.25, -0.2) is 0 Å². The zero-order chi connectivity index (χ0) is 15.1. The van der Waals surface area contributed by atoms with Gasteiger partial charge in [0.2, 0.25) is 0 Å². The molecule has 2 N–H and O–H groups in total. The van der Waals surface area contributed by atoms with E-state index in [1.54, 1.807) is 18.2 Å². The van der Waals surface area contributed by atoms with E-state index in [1.165, 1.54) is 13.1 Å². The Bertz CT molecular complexity index is 514. The standard InChI is InChI=1S/C12H12Cl2N2O4/c1-7(12(18)19)16-11(17)6-20-15-5-8-9(13)3-2-4-10(8)14/h2-5,7H,6H2,1H3,(H,16,17)(H,18,19)/t7-/m0/s1. The summed E-state index contributed by atoms with van der Waals surface area (Å²) < 4.78 is 0. The molecule has 1 atom stereocenters. The average molecular weight is 319 g/mol. The van der Waals surface area contributed by atoms with E-state index in [0.29, 0.717) is 15.6 Å². The fourth-order valence-corrected chi connectivity index (χ4v) is 1.66. The maximum absolute atomic E-state index is 11.3. The van der Waals surface area contributed by atoms with E-state index in [9.17, 15) is 9.59 Å². The van der Waals surface area contributed by atoms with Crippen molar-refractivity contribution in [2.75, 3.05) is 6.61 Å². The maximum atomic E-state index is 11.3. The number of carbonyl (C=O) groups excluding carboxylic acids is 1.